The van der Waals surface area contributed by atoms with Crippen molar-refractivity contribution in [2.45, 2.75) is 44.2 Å². The van der Waals surface area contributed by atoms with Gasteiger partial charge in [0.1, 0.15) is 0 Å². The molecule has 118 valence electrons. The second-order valence-corrected chi connectivity index (χ2v) is 6.88. The summed E-state index contributed by atoms with van der Waals surface area (Å²) in [5, 5.41) is 4.35. The van der Waals surface area contributed by atoms with Crippen molar-refractivity contribution < 1.29 is 4.79 Å². The number of piperidine rings is 1. The zero-order chi connectivity index (χ0) is 14.1. The number of rotatable bonds is 2. The molecule has 0 aromatic carbocycles. The molecule has 2 N–H and O–H groups in total. The maximum Gasteiger partial charge on any atom is 0.225 e. The van der Waals surface area contributed by atoms with Gasteiger partial charge in [-0.1, -0.05) is 0 Å². The van der Waals surface area contributed by atoms with Gasteiger partial charge < -0.3 is 10.6 Å². The Hall–Kier alpha value is -0.590. The smallest absolute Gasteiger partial charge is 0.225 e. The number of carbonyl (C=O) groups excluding carboxylic acids is 1. The third-order valence-corrected chi connectivity index (χ3v) is 4.95. The monoisotopic (exact) mass is 376 g/mol. The quantitative estimate of drug-likeness (QED) is 0.860. The maximum atomic E-state index is 12.4. The average molecular weight is 378 g/mol. The maximum absolute atomic E-state index is 12.4. The van der Waals surface area contributed by atoms with Gasteiger partial charge in [0, 0.05) is 31.2 Å². The first-order valence-corrected chi connectivity index (χ1v) is 8.17. The van der Waals surface area contributed by atoms with Gasteiger partial charge in [-0.05, 0) is 48.0 Å². The lowest BCUT2D eigenvalue weighted by Gasteiger charge is -2.33. The van der Waals surface area contributed by atoms with Gasteiger partial charge in [0.05, 0.1) is 16.7 Å². The zero-order valence-corrected chi connectivity index (χ0v) is 14.4. The molecule has 0 radical (unpaired) electrons. The summed E-state index contributed by atoms with van der Waals surface area (Å²) in [6.07, 6.45) is 8.62. The fourth-order valence-corrected chi connectivity index (χ4v) is 3.67. The Morgan fingerprint density at radius 3 is 2.52 bits per heavy atom. The van der Waals surface area contributed by atoms with Crippen LogP contribution in [0, 0.1) is 5.92 Å². The highest BCUT2D eigenvalue weighted by molar-refractivity contribution is 9.10. The van der Waals surface area contributed by atoms with Crippen molar-refractivity contribution in [2.24, 2.45) is 11.7 Å². The van der Waals surface area contributed by atoms with E-state index in [1.165, 1.54) is 0 Å². The minimum atomic E-state index is 0. The normalized spacial score (nSPS) is 26.7. The highest BCUT2D eigenvalue weighted by Crippen LogP contribution is 2.29. The van der Waals surface area contributed by atoms with Gasteiger partial charge in [-0.25, -0.2) is 0 Å². The van der Waals surface area contributed by atoms with Gasteiger partial charge >= 0.3 is 0 Å². The van der Waals surface area contributed by atoms with Crippen molar-refractivity contribution in [3.63, 3.8) is 0 Å². The number of hydrogen-bond acceptors (Lipinski definition) is 3. The van der Waals surface area contributed by atoms with Crippen LogP contribution in [0.1, 0.15) is 38.1 Å². The van der Waals surface area contributed by atoms with Crippen LogP contribution in [0.5, 0.6) is 0 Å². The minimum Gasteiger partial charge on any atom is -0.342 e. The average Bonchev–Trinajstić information content (AvgIpc) is 3.07. The summed E-state index contributed by atoms with van der Waals surface area (Å²) in [7, 11) is 0. The van der Waals surface area contributed by atoms with E-state index in [4.69, 9.17) is 5.73 Å². The molecule has 2 fully saturated rings. The number of nitrogens with zero attached hydrogens (tertiary/aromatic N) is 3. The van der Waals surface area contributed by atoms with Crippen molar-refractivity contribution in [3.8, 4) is 0 Å². The summed E-state index contributed by atoms with van der Waals surface area (Å²) in [5.41, 5.74) is 5.91. The molecular formula is C14H22BrClN4O. The van der Waals surface area contributed by atoms with E-state index in [2.05, 4.69) is 21.0 Å². The lowest BCUT2D eigenvalue weighted by atomic mass is 10.0. The Bertz CT molecular complexity index is 487. The second-order valence-electron chi connectivity index (χ2n) is 5.97. The fraction of sp³-hybridized carbons (Fsp3) is 0.714. The molecule has 1 amide bonds. The van der Waals surface area contributed by atoms with Crippen molar-refractivity contribution in [1.82, 2.24) is 14.7 Å². The third-order valence-electron chi connectivity index (χ3n) is 4.54. The first kappa shape index (κ1) is 16.8. The molecule has 1 aromatic rings. The summed E-state index contributed by atoms with van der Waals surface area (Å²) >= 11 is 3.42. The van der Waals surface area contributed by atoms with Crippen LogP contribution in [0.2, 0.25) is 0 Å². The van der Waals surface area contributed by atoms with Crippen molar-refractivity contribution in [2.75, 3.05) is 13.1 Å². The van der Waals surface area contributed by atoms with Gasteiger partial charge in [-0.2, -0.15) is 5.10 Å². The van der Waals surface area contributed by atoms with Crippen LogP contribution >= 0.6 is 28.3 Å². The third kappa shape index (κ3) is 3.79. The zero-order valence-electron chi connectivity index (χ0n) is 11.9. The molecule has 5 nitrogen and oxygen atoms in total. The number of hydrogen-bond donors (Lipinski definition) is 1. The number of halogens is 2. The van der Waals surface area contributed by atoms with Gasteiger partial charge in [0.25, 0.3) is 0 Å². The predicted molar refractivity (Wildman–Crippen MR) is 87.3 cm³/mol. The van der Waals surface area contributed by atoms with E-state index in [-0.39, 0.29) is 24.4 Å². The van der Waals surface area contributed by atoms with E-state index in [1.54, 1.807) is 0 Å². The van der Waals surface area contributed by atoms with E-state index in [0.29, 0.717) is 11.9 Å². The van der Waals surface area contributed by atoms with Crippen LogP contribution in [0.25, 0.3) is 0 Å². The standard InChI is InChI=1S/C14H21BrN4O.ClH/c15-11-8-17-19(9-11)13-3-5-18(6-4-13)14(20)10-1-2-12(16)7-10;/h8-10,12-13H,1-7,16H2;1H. The van der Waals surface area contributed by atoms with Crippen molar-refractivity contribution in [3.05, 3.63) is 16.9 Å². The molecule has 1 aliphatic carbocycles. The number of aromatic nitrogens is 2. The summed E-state index contributed by atoms with van der Waals surface area (Å²) in [6, 6.07) is 0.638. The number of likely N-dealkylation sites (tertiary alicyclic amines) is 1. The molecule has 1 saturated heterocycles. The van der Waals surface area contributed by atoms with E-state index >= 15 is 0 Å². The van der Waals surface area contributed by atoms with Gasteiger partial charge in [0.2, 0.25) is 5.91 Å². The molecule has 2 heterocycles. The summed E-state index contributed by atoms with van der Waals surface area (Å²) < 4.78 is 3.02. The molecule has 3 rings (SSSR count). The largest absolute Gasteiger partial charge is 0.342 e. The molecule has 2 unspecified atom stereocenters. The summed E-state index contributed by atoms with van der Waals surface area (Å²) in [4.78, 5) is 14.5. The molecule has 2 atom stereocenters. The minimum absolute atomic E-state index is 0. The molecule has 0 spiro atoms. The Morgan fingerprint density at radius 2 is 2.00 bits per heavy atom. The van der Waals surface area contributed by atoms with Crippen molar-refractivity contribution in [1.29, 1.82) is 0 Å². The summed E-state index contributed by atoms with van der Waals surface area (Å²) in [6.45, 7) is 1.68. The Labute approximate surface area is 139 Å². The molecule has 1 saturated carbocycles. The van der Waals surface area contributed by atoms with Crippen LogP contribution in [-0.4, -0.2) is 39.7 Å². The van der Waals surface area contributed by atoms with Crippen LogP contribution in [-0.2, 0) is 4.79 Å². The molecule has 1 aliphatic heterocycles. The SMILES string of the molecule is Cl.NC1CCC(C(=O)N2CCC(n3cc(Br)cn3)CC2)C1. The fourth-order valence-electron chi connectivity index (χ4n) is 3.36. The highest BCUT2D eigenvalue weighted by Gasteiger charge is 2.33. The highest BCUT2D eigenvalue weighted by atomic mass is 79.9. The number of carbonyl (C=O) groups is 1. The van der Waals surface area contributed by atoms with Gasteiger partial charge in [-0.15, -0.1) is 12.4 Å². The lowest BCUT2D eigenvalue weighted by molar-refractivity contribution is -0.136. The molecule has 1 aromatic heterocycles. The van der Waals surface area contributed by atoms with E-state index in [9.17, 15) is 4.79 Å². The van der Waals surface area contributed by atoms with E-state index in [0.717, 1.165) is 49.7 Å². The molecular weight excluding hydrogens is 356 g/mol. The summed E-state index contributed by atoms with van der Waals surface area (Å²) in [5.74, 6) is 0.485. The number of nitrogens with two attached hydrogens (primary N) is 1. The Kier molecular flexibility index (Phi) is 5.68. The second kappa shape index (κ2) is 7.11. The van der Waals surface area contributed by atoms with Crippen molar-refractivity contribution >= 4 is 34.2 Å². The van der Waals surface area contributed by atoms with Gasteiger partial charge in [-0.3, -0.25) is 9.48 Å². The molecule has 2 aliphatic rings. The van der Waals surface area contributed by atoms with Crippen LogP contribution < -0.4 is 5.73 Å². The molecule has 0 bridgehead atoms. The topological polar surface area (TPSA) is 64.2 Å². The molecule has 21 heavy (non-hydrogen) atoms. The first-order valence-electron chi connectivity index (χ1n) is 7.37. The first-order chi connectivity index (χ1) is 9.63. The van der Waals surface area contributed by atoms with Crippen LogP contribution in [0.4, 0.5) is 0 Å². The Balaban J connectivity index is 0.00000161. The lowest BCUT2D eigenvalue weighted by Crippen LogP contribution is -2.42. The van der Waals surface area contributed by atoms with Crippen LogP contribution in [0.15, 0.2) is 16.9 Å². The van der Waals surface area contributed by atoms with Gasteiger partial charge in [0.15, 0.2) is 0 Å². The van der Waals surface area contributed by atoms with E-state index in [1.807, 2.05) is 22.0 Å². The predicted octanol–water partition coefficient (Wildman–Crippen LogP) is 2.36. The van der Waals surface area contributed by atoms with Crippen LogP contribution in [0.3, 0.4) is 0 Å². The number of amides is 1. The van der Waals surface area contributed by atoms with E-state index < -0.39 is 0 Å². The Morgan fingerprint density at radius 1 is 1.29 bits per heavy atom. The molecule has 7 heteroatoms.